The van der Waals surface area contributed by atoms with Crippen LogP contribution in [0.1, 0.15) is 32.9 Å². The zero-order valence-corrected chi connectivity index (χ0v) is 18.5. The summed E-state index contributed by atoms with van der Waals surface area (Å²) < 4.78 is 44.4. The molecule has 0 saturated carbocycles. The number of nitrogens with one attached hydrogen (secondary N) is 1. The molecule has 0 spiro atoms. The monoisotopic (exact) mass is 478 g/mol. The molecule has 1 aliphatic heterocycles. The van der Waals surface area contributed by atoms with E-state index in [9.17, 15) is 18.0 Å². The predicted molar refractivity (Wildman–Crippen MR) is 122 cm³/mol. The molecule has 4 aromatic rings. The van der Waals surface area contributed by atoms with E-state index < -0.39 is 17.7 Å². The van der Waals surface area contributed by atoms with Crippen LogP contribution in [-0.4, -0.2) is 32.6 Å². The summed E-state index contributed by atoms with van der Waals surface area (Å²) in [5.41, 5.74) is 2.81. The van der Waals surface area contributed by atoms with Crippen molar-refractivity contribution in [3.8, 4) is 16.9 Å². The minimum Gasteiger partial charge on any atom is -0.423 e. The lowest BCUT2D eigenvalue weighted by atomic mass is 9.98. The van der Waals surface area contributed by atoms with Crippen LogP contribution in [0.5, 0.6) is 5.75 Å². The van der Waals surface area contributed by atoms with Gasteiger partial charge in [-0.05, 0) is 59.0 Å². The molecule has 1 aromatic heterocycles. The molecule has 5 rings (SSSR count). The second kappa shape index (κ2) is 9.34. The number of carbonyl (C=O) groups is 1. The molecule has 0 amide bonds. The largest absolute Gasteiger partial charge is 0.423 e. The van der Waals surface area contributed by atoms with E-state index in [-0.39, 0.29) is 5.56 Å². The van der Waals surface area contributed by atoms with Crippen LogP contribution >= 0.6 is 0 Å². The first-order chi connectivity index (χ1) is 16.9. The van der Waals surface area contributed by atoms with E-state index in [0.717, 1.165) is 48.6 Å². The van der Waals surface area contributed by atoms with Gasteiger partial charge in [0.15, 0.2) is 0 Å². The summed E-state index contributed by atoms with van der Waals surface area (Å²) in [7, 11) is 0. The first kappa shape index (κ1) is 22.8. The molecule has 2 heterocycles. The third-order valence-corrected chi connectivity index (χ3v) is 5.99. The van der Waals surface area contributed by atoms with Crippen LogP contribution < -0.4 is 4.74 Å². The molecule has 0 radical (unpaired) electrons. The molecule has 6 nitrogen and oxygen atoms in total. The van der Waals surface area contributed by atoms with E-state index in [1.165, 1.54) is 18.5 Å². The number of aromatic amines is 1. The lowest BCUT2D eigenvalue weighted by Gasteiger charge is -2.28. The zero-order chi connectivity index (χ0) is 24.4. The van der Waals surface area contributed by atoms with Crippen LogP contribution in [-0.2, 0) is 25.7 Å². The van der Waals surface area contributed by atoms with Gasteiger partial charge in [0.25, 0.3) is 0 Å². The molecular formula is C26H21F3N4O2. The number of carbonyl (C=O) groups excluding carboxylic acids is 1. The van der Waals surface area contributed by atoms with Gasteiger partial charge in [0.2, 0.25) is 0 Å². The first-order valence-electron chi connectivity index (χ1n) is 11.0. The van der Waals surface area contributed by atoms with Crippen LogP contribution in [0.2, 0.25) is 0 Å². The highest BCUT2D eigenvalue weighted by Crippen LogP contribution is 2.32. The second-order valence-electron chi connectivity index (χ2n) is 8.33. The van der Waals surface area contributed by atoms with E-state index in [0.29, 0.717) is 23.4 Å². The third kappa shape index (κ3) is 5.09. The quantitative estimate of drug-likeness (QED) is 0.313. The minimum atomic E-state index is -4.42. The van der Waals surface area contributed by atoms with Gasteiger partial charge in [-0.1, -0.05) is 36.4 Å². The molecule has 1 N–H and O–H groups in total. The molecule has 0 atom stereocenters. The fraction of sp³-hybridized carbons (Fsp3) is 0.192. The van der Waals surface area contributed by atoms with Crippen molar-refractivity contribution < 1.29 is 22.7 Å². The second-order valence-corrected chi connectivity index (χ2v) is 8.33. The third-order valence-electron chi connectivity index (χ3n) is 5.99. The van der Waals surface area contributed by atoms with Gasteiger partial charge >= 0.3 is 12.1 Å². The molecule has 0 saturated heterocycles. The van der Waals surface area contributed by atoms with Gasteiger partial charge in [0.05, 0.1) is 17.7 Å². The van der Waals surface area contributed by atoms with Crippen molar-refractivity contribution >= 4 is 5.97 Å². The SMILES string of the molecule is O=C(Oc1ccc2c(c1)CCN(Cc1ncn[nH]1)C2)c1ccccc1-c1ccc(C(F)(F)F)cc1. The predicted octanol–water partition coefficient (Wildman–Crippen LogP) is 5.27. The van der Waals surface area contributed by atoms with Crippen molar-refractivity contribution in [2.24, 2.45) is 0 Å². The average molecular weight is 478 g/mol. The number of H-pyrrole nitrogens is 1. The van der Waals surface area contributed by atoms with Gasteiger partial charge in [-0.15, -0.1) is 0 Å². The average Bonchev–Trinajstić information content (AvgIpc) is 3.37. The van der Waals surface area contributed by atoms with E-state index in [1.807, 2.05) is 12.1 Å². The number of fused-ring (bicyclic) bond motifs is 1. The number of esters is 1. The Morgan fingerprint density at radius 3 is 2.57 bits per heavy atom. The number of hydrogen-bond donors (Lipinski definition) is 1. The smallest absolute Gasteiger partial charge is 0.416 e. The standard InChI is InChI=1S/C26H21F3N4O2/c27-26(28,29)20-8-5-17(6-9-20)22-3-1-2-4-23(22)25(34)35-21-10-7-19-14-33(12-11-18(19)13-21)15-24-30-16-31-32-24/h1-10,13,16H,11-12,14-15H2,(H,30,31,32). The highest BCUT2D eigenvalue weighted by molar-refractivity contribution is 5.98. The summed E-state index contributed by atoms with van der Waals surface area (Å²) in [6.45, 7) is 2.26. The van der Waals surface area contributed by atoms with E-state index in [4.69, 9.17) is 4.74 Å². The number of ether oxygens (including phenoxy) is 1. The number of nitrogens with zero attached hydrogens (tertiary/aromatic N) is 3. The van der Waals surface area contributed by atoms with Crippen LogP contribution in [0.25, 0.3) is 11.1 Å². The van der Waals surface area contributed by atoms with Gasteiger partial charge < -0.3 is 4.74 Å². The van der Waals surface area contributed by atoms with E-state index in [1.54, 1.807) is 30.3 Å². The maximum atomic E-state index is 13.0. The number of aromatic nitrogens is 3. The highest BCUT2D eigenvalue weighted by Gasteiger charge is 2.30. The van der Waals surface area contributed by atoms with Crippen LogP contribution in [0.15, 0.2) is 73.1 Å². The Hall–Kier alpha value is -3.98. The van der Waals surface area contributed by atoms with Gasteiger partial charge in [-0.25, -0.2) is 9.78 Å². The summed E-state index contributed by atoms with van der Waals surface area (Å²) in [6, 6.07) is 17.0. The van der Waals surface area contributed by atoms with E-state index in [2.05, 4.69) is 20.1 Å². The van der Waals surface area contributed by atoms with Crippen molar-refractivity contribution in [2.75, 3.05) is 6.54 Å². The number of hydrogen-bond acceptors (Lipinski definition) is 5. The Morgan fingerprint density at radius 1 is 1.03 bits per heavy atom. The van der Waals surface area contributed by atoms with Crippen molar-refractivity contribution in [3.63, 3.8) is 0 Å². The Kier molecular flexibility index (Phi) is 6.08. The maximum Gasteiger partial charge on any atom is 0.416 e. The fourth-order valence-corrected chi connectivity index (χ4v) is 4.22. The Morgan fingerprint density at radius 2 is 1.83 bits per heavy atom. The molecule has 0 unspecified atom stereocenters. The van der Waals surface area contributed by atoms with Gasteiger partial charge in [0, 0.05) is 13.1 Å². The van der Waals surface area contributed by atoms with Gasteiger partial charge in [0.1, 0.15) is 17.9 Å². The first-order valence-corrected chi connectivity index (χ1v) is 11.0. The van der Waals surface area contributed by atoms with Crippen LogP contribution in [0.4, 0.5) is 13.2 Å². The highest BCUT2D eigenvalue weighted by atomic mass is 19.4. The lowest BCUT2D eigenvalue weighted by Crippen LogP contribution is -2.30. The van der Waals surface area contributed by atoms with Crippen molar-refractivity contribution in [1.82, 2.24) is 20.1 Å². The molecule has 9 heteroatoms. The molecule has 1 aliphatic rings. The number of alkyl halides is 3. The summed E-state index contributed by atoms with van der Waals surface area (Å²) >= 11 is 0. The zero-order valence-electron chi connectivity index (χ0n) is 18.5. The number of rotatable bonds is 5. The number of benzene rings is 3. The van der Waals surface area contributed by atoms with Crippen molar-refractivity contribution in [1.29, 1.82) is 0 Å². The maximum absolute atomic E-state index is 13.0. The molecule has 0 bridgehead atoms. The summed E-state index contributed by atoms with van der Waals surface area (Å²) in [5, 5.41) is 6.75. The Bertz CT molecular complexity index is 1340. The van der Waals surface area contributed by atoms with Crippen molar-refractivity contribution in [3.05, 3.63) is 101 Å². The van der Waals surface area contributed by atoms with Crippen LogP contribution in [0.3, 0.4) is 0 Å². The molecule has 35 heavy (non-hydrogen) atoms. The number of halogens is 3. The van der Waals surface area contributed by atoms with Gasteiger partial charge in [-0.2, -0.15) is 18.3 Å². The minimum absolute atomic E-state index is 0.281. The molecule has 0 aliphatic carbocycles. The molecule has 3 aromatic carbocycles. The van der Waals surface area contributed by atoms with Crippen LogP contribution in [0, 0.1) is 0 Å². The molecular weight excluding hydrogens is 457 g/mol. The summed E-state index contributed by atoms with van der Waals surface area (Å²) in [6.07, 6.45) is -2.13. The Balaban J connectivity index is 1.31. The normalized spacial score (nSPS) is 13.9. The lowest BCUT2D eigenvalue weighted by molar-refractivity contribution is -0.137. The van der Waals surface area contributed by atoms with Crippen molar-refractivity contribution in [2.45, 2.75) is 25.7 Å². The summed E-state index contributed by atoms with van der Waals surface area (Å²) in [4.78, 5) is 19.4. The topological polar surface area (TPSA) is 71.1 Å². The van der Waals surface area contributed by atoms with Gasteiger partial charge in [-0.3, -0.25) is 10.00 Å². The van der Waals surface area contributed by atoms with E-state index >= 15 is 0 Å². The summed E-state index contributed by atoms with van der Waals surface area (Å²) in [5.74, 6) is 0.675. The molecule has 178 valence electrons. The molecule has 0 fully saturated rings. The fourth-order valence-electron chi connectivity index (χ4n) is 4.22. The Labute approximate surface area is 199 Å².